The molecule has 4 aromatic rings. The molecule has 36 heavy (non-hydrogen) atoms. The number of benzene rings is 3. The van der Waals surface area contributed by atoms with Crippen molar-refractivity contribution in [1.82, 2.24) is 20.4 Å². The smallest absolute Gasteiger partial charge is 0.258 e. The third-order valence-electron chi connectivity index (χ3n) is 6.48. The molecule has 0 saturated heterocycles. The number of hydrogen-bond donors (Lipinski definition) is 1. The van der Waals surface area contributed by atoms with Crippen LogP contribution in [0.5, 0.6) is 11.5 Å². The summed E-state index contributed by atoms with van der Waals surface area (Å²) in [7, 11) is 0. The summed E-state index contributed by atoms with van der Waals surface area (Å²) < 4.78 is 16.8. The minimum Gasteiger partial charge on any atom is -0.454 e. The van der Waals surface area contributed by atoms with Crippen LogP contribution in [0, 0.1) is 0 Å². The standard InChI is InChI=1S/C28H24N4O3S/c1-18-24(27-30-26(31-35-27)21-12-13-22-23(16-21)34-17-33-22)25(20-10-6-3-7-11-20)29-28(36)32(18)15-14-19-8-4-2-5-9-19/h2-13,16,25H,14-15,17H2,1H3,(H,29,36). The van der Waals surface area contributed by atoms with Crippen molar-refractivity contribution >= 4 is 22.9 Å². The molecule has 1 aromatic heterocycles. The Balaban J connectivity index is 1.38. The Labute approximate surface area is 214 Å². The zero-order valence-corrected chi connectivity index (χ0v) is 20.5. The Hall–Kier alpha value is -4.17. The first-order valence-corrected chi connectivity index (χ1v) is 12.2. The number of nitrogens with zero attached hydrogens (tertiary/aromatic N) is 3. The third-order valence-corrected chi connectivity index (χ3v) is 6.82. The highest BCUT2D eigenvalue weighted by Gasteiger charge is 2.34. The molecular formula is C28H24N4O3S. The molecular weight excluding hydrogens is 472 g/mol. The molecule has 0 amide bonds. The van der Waals surface area contributed by atoms with Crippen LogP contribution in [0.1, 0.15) is 30.0 Å². The lowest BCUT2D eigenvalue weighted by molar-refractivity contribution is 0.174. The molecule has 0 spiro atoms. The van der Waals surface area contributed by atoms with Gasteiger partial charge in [0.2, 0.25) is 12.6 Å². The van der Waals surface area contributed by atoms with Crippen molar-refractivity contribution in [1.29, 1.82) is 0 Å². The van der Waals surface area contributed by atoms with Gasteiger partial charge in [0.05, 0.1) is 11.6 Å². The van der Waals surface area contributed by atoms with Gasteiger partial charge in [0.1, 0.15) is 0 Å². The van der Waals surface area contributed by atoms with E-state index in [9.17, 15) is 0 Å². The van der Waals surface area contributed by atoms with Crippen molar-refractivity contribution in [3.05, 3.63) is 102 Å². The van der Waals surface area contributed by atoms with Gasteiger partial charge in [-0.15, -0.1) is 0 Å². The summed E-state index contributed by atoms with van der Waals surface area (Å²) in [6.07, 6.45) is 0.857. The molecule has 7 nitrogen and oxygen atoms in total. The third kappa shape index (κ3) is 4.20. The van der Waals surface area contributed by atoms with Gasteiger partial charge in [-0.05, 0) is 54.9 Å². The molecule has 2 aliphatic rings. The minimum absolute atomic E-state index is 0.211. The second-order valence-corrected chi connectivity index (χ2v) is 9.06. The number of fused-ring (bicyclic) bond motifs is 1. The lowest BCUT2D eigenvalue weighted by Crippen LogP contribution is -2.46. The monoisotopic (exact) mass is 496 g/mol. The van der Waals surface area contributed by atoms with Crippen molar-refractivity contribution in [3.8, 4) is 22.9 Å². The summed E-state index contributed by atoms with van der Waals surface area (Å²) in [6, 6.07) is 26.0. The number of ether oxygens (including phenoxy) is 2. The predicted octanol–water partition coefficient (Wildman–Crippen LogP) is 5.37. The maximum absolute atomic E-state index is 5.85. The first-order chi connectivity index (χ1) is 17.7. The molecule has 8 heteroatoms. The van der Waals surface area contributed by atoms with Gasteiger partial charge >= 0.3 is 0 Å². The van der Waals surface area contributed by atoms with Crippen LogP contribution >= 0.6 is 12.2 Å². The summed E-state index contributed by atoms with van der Waals surface area (Å²) in [6.45, 7) is 3.01. The van der Waals surface area contributed by atoms with E-state index in [2.05, 4.69) is 58.7 Å². The van der Waals surface area contributed by atoms with E-state index in [1.54, 1.807) is 0 Å². The summed E-state index contributed by atoms with van der Waals surface area (Å²) >= 11 is 5.82. The second kappa shape index (κ2) is 9.47. The number of thiocarbonyl (C=S) groups is 1. The van der Waals surface area contributed by atoms with Crippen LogP contribution in [0.25, 0.3) is 17.0 Å². The van der Waals surface area contributed by atoms with Crippen molar-refractivity contribution in [2.75, 3.05) is 13.3 Å². The zero-order chi connectivity index (χ0) is 24.5. The zero-order valence-electron chi connectivity index (χ0n) is 19.7. The van der Waals surface area contributed by atoms with E-state index >= 15 is 0 Å². The Morgan fingerprint density at radius 2 is 1.72 bits per heavy atom. The molecule has 0 fully saturated rings. The summed E-state index contributed by atoms with van der Waals surface area (Å²) in [5, 5.41) is 8.49. The molecule has 180 valence electrons. The van der Waals surface area contributed by atoms with Crippen LogP contribution in [-0.2, 0) is 6.42 Å². The quantitative estimate of drug-likeness (QED) is 0.357. The molecule has 1 N–H and O–H groups in total. The SMILES string of the molecule is CC1=C(c2nc(-c3ccc4c(c3)OCO4)no2)C(c2ccccc2)NC(=S)N1CCc1ccccc1. The lowest BCUT2D eigenvalue weighted by atomic mass is 9.94. The van der Waals surface area contributed by atoms with E-state index in [4.69, 9.17) is 31.2 Å². The van der Waals surface area contributed by atoms with Crippen molar-refractivity contribution in [2.45, 2.75) is 19.4 Å². The van der Waals surface area contributed by atoms with E-state index in [1.165, 1.54) is 5.56 Å². The van der Waals surface area contributed by atoms with Gasteiger partial charge in [0.25, 0.3) is 5.89 Å². The highest BCUT2D eigenvalue weighted by atomic mass is 32.1. The van der Waals surface area contributed by atoms with Crippen LogP contribution in [0.4, 0.5) is 0 Å². The van der Waals surface area contributed by atoms with Crippen LogP contribution in [0.15, 0.2) is 89.1 Å². The normalized spacial score (nSPS) is 16.9. The van der Waals surface area contributed by atoms with E-state index < -0.39 is 0 Å². The Morgan fingerprint density at radius 3 is 2.53 bits per heavy atom. The molecule has 0 aliphatic carbocycles. The molecule has 6 rings (SSSR count). The second-order valence-electron chi connectivity index (χ2n) is 8.67. The lowest BCUT2D eigenvalue weighted by Gasteiger charge is -2.37. The molecule has 3 aromatic carbocycles. The average molecular weight is 497 g/mol. The minimum atomic E-state index is -0.211. The summed E-state index contributed by atoms with van der Waals surface area (Å²) in [4.78, 5) is 6.90. The number of hydrogen-bond acceptors (Lipinski definition) is 6. The fourth-order valence-corrected chi connectivity index (χ4v) is 4.94. The van der Waals surface area contributed by atoms with Gasteiger partial charge < -0.3 is 24.2 Å². The van der Waals surface area contributed by atoms with Crippen molar-refractivity contribution < 1.29 is 14.0 Å². The molecule has 1 unspecified atom stereocenters. The van der Waals surface area contributed by atoms with E-state index in [0.717, 1.165) is 35.4 Å². The van der Waals surface area contributed by atoms with Gasteiger partial charge in [0.15, 0.2) is 16.6 Å². The molecule has 0 saturated carbocycles. The maximum Gasteiger partial charge on any atom is 0.258 e. The first-order valence-electron chi connectivity index (χ1n) is 11.8. The maximum atomic E-state index is 5.85. The largest absolute Gasteiger partial charge is 0.454 e. The number of allylic oxidation sites excluding steroid dienone is 1. The fraction of sp³-hybridized carbons (Fsp3) is 0.179. The Bertz CT molecular complexity index is 1440. The van der Waals surface area contributed by atoms with Crippen LogP contribution in [0.2, 0.25) is 0 Å². The van der Waals surface area contributed by atoms with E-state index in [1.807, 2.05) is 42.5 Å². The molecule has 2 aliphatic heterocycles. The summed E-state index contributed by atoms with van der Waals surface area (Å²) in [5.74, 6) is 2.32. The number of aromatic nitrogens is 2. The highest BCUT2D eigenvalue weighted by Crippen LogP contribution is 2.39. The molecule has 0 bridgehead atoms. The van der Waals surface area contributed by atoms with Gasteiger partial charge in [0, 0.05) is 17.8 Å². The van der Waals surface area contributed by atoms with Gasteiger partial charge in [-0.3, -0.25) is 0 Å². The van der Waals surface area contributed by atoms with Gasteiger partial charge in [-0.1, -0.05) is 65.8 Å². The number of nitrogens with one attached hydrogen (secondary N) is 1. The van der Waals surface area contributed by atoms with Crippen LogP contribution in [0.3, 0.4) is 0 Å². The Kier molecular flexibility index (Phi) is 5.87. The van der Waals surface area contributed by atoms with Crippen LogP contribution in [-0.4, -0.2) is 33.5 Å². The number of rotatable bonds is 6. The Morgan fingerprint density at radius 1 is 0.972 bits per heavy atom. The molecule has 1 atom stereocenters. The van der Waals surface area contributed by atoms with Gasteiger partial charge in [-0.2, -0.15) is 4.98 Å². The molecule has 3 heterocycles. The highest BCUT2D eigenvalue weighted by molar-refractivity contribution is 7.80. The fourth-order valence-electron chi connectivity index (χ4n) is 4.59. The van der Waals surface area contributed by atoms with E-state index in [-0.39, 0.29) is 12.8 Å². The van der Waals surface area contributed by atoms with Crippen molar-refractivity contribution in [3.63, 3.8) is 0 Å². The van der Waals surface area contributed by atoms with Crippen molar-refractivity contribution in [2.24, 2.45) is 0 Å². The molecule has 0 radical (unpaired) electrons. The van der Waals surface area contributed by atoms with Crippen LogP contribution < -0.4 is 14.8 Å². The van der Waals surface area contributed by atoms with Gasteiger partial charge in [-0.25, -0.2) is 0 Å². The van der Waals surface area contributed by atoms with E-state index in [0.29, 0.717) is 28.3 Å². The topological polar surface area (TPSA) is 72.6 Å². The first kappa shape index (κ1) is 22.3. The predicted molar refractivity (Wildman–Crippen MR) is 140 cm³/mol. The summed E-state index contributed by atoms with van der Waals surface area (Å²) in [5.41, 5.74) is 5.01. The average Bonchev–Trinajstić information content (AvgIpc) is 3.59.